The van der Waals surface area contributed by atoms with E-state index in [0.29, 0.717) is 41.8 Å². The molecule has 0 saturated heterocycles. The molecular weight excluding hydrogens is 396 g/mol. The summed E-state index contributed by atoms with van der Waals surface area (Å²) in [6, 6.07) is 16.5. The minimum Gasteiger partial charge on any atom is -0.495 e. The second-order valence-corrected chi connectivity index (χ2v) is 7.36. The molecule has 1 atom stereocenters. The van der Waals surface area contributed by atoms with Gasteiger partial charge in [0.05, 0.1) is 12.8 Å². The molecule has 2 heterocycles. The van der Waals surface area contributed by atoms with Gasteiger partial charge in [-0.25, -0.2) is 0 Å². The minimum absolute atomic E-state index is 0.191. The van der Waals surface area contributed by atoms with Crippen molar-refractivity contribution in [2.75, 3.05) is 31.0 Å². The number of rotatable bonds is 5. The quantitative estimate of drug-likeness (QED) is 0.484. The van der Waals surface area contributed by atoms with Gasteiger partial charge in [-0.3, -0.25) is 4.79 Å². The molecule has 7 heteroatoms. The van der Waals surface area contributed by atoms with Crippen LogP contribution in [-0.2, 0) is 4.79 Å². The Kier molecular flexibility index (Phi) is 4.78. The van der Waals surface area contributed by atoms with Crippen LogP contribution in [0, 0.1) is 0 Å². The Labute approximate surface area is 178 Å². The Morgan fingerprint density at radius 1 is 0.968 bits per heavy atom. The Balaban J connectivity index is 1.37. The van der Waals surface area contributed by atoms with Crippen molar-refractivity contribution in [2.45, 2.75) is 13.0 Å². The fourth-order valence-electron chi connectivity index (χ4n) is 3.70. The van der Waals surface area contributed by atoms with Crippen LogP contribution in [0.15, 0.2) is 59.0 Å². The molecule has 0 unspecified atom stereocenters. The van der Waals surface area contributed by atoms with Gasteiger partial charge in [-0.2, -0.15) is 0 Å². The van der Waals surface area contributed by atoms with Crippen molar-refractivity contribution < 1.29 is 23.4 Å². The summed E-state index contributed by atoms with van der Waals surface area (Å²) < 4.78 is 22.6. The summed E-state index contributed by atoms with van der Waals surface area (Å²) in [4.78, 5) is 12.8. The van der Waals surface area contributed by atoms with Gasteiger partial charge in [-0.05, 0) is 31.2 Å². The molecule has 1 aliphatic rings. The second-order valence-electron chi connectivity index (χ2n) is 7.36. The third-order valence-corrected chi connectivity index (χ3v) is 5.27. The molecular formula is C24H22N2O5. The van der Waals surface area contributed by atoms with Crippen LogP contribution in [0.5, 0.6) is 17.2 Å². The maximum Gasteiger partial charge on any atom is 0.246 e. The number of nitrogens with one attached hydrogen (secondary N) is 2. The maximum atomic E-state index is 12.8. The number of carbonyl (C=O) groups is 1. The van der Waals surface area contributed by atoms with Gasteiger partial charge in [-0.1, -0.05) is 18.2 Å². The van der Waals surface area contributed by atoms with E-state index in [4.69, 9.17) is 18.6 Å². The highest BCUT2D eigenvalue weighted by molar-refractivity contribution is 6.07. The zero-order chi connectivity index (χ0) is 21.4. The van der Waals surface area contributed by atoms with Crippen molar-refractivity contribution in [2.24, 2.45) is 0 Å². The fourth-order valence-corrected chi connectivity index (χ4v) is 3.70. The van der Waals surface area contributed by atoms with Gasteiger partial charge in [0.1, 0.15) is 36.2 Å². The molecule has 158 valence electrons. The summed E-state index contributed by atoms with van der Waals surface area (Å²) in [7, 11) is 1.61. The van der Waals surface area contributed by atoms with Crippen LogP contribution in [0.1, 0.15) is 6.92 Å². The molecule has 0 fully saturated rings. The van der Waals surface area contributed by atoms with Gasteiger partial charge in [-0.15, -0.1) is 0 Å². The third-order valence-electron chi connectivity index (χ3n) is 5.27. The average Bonchev–Trinajstić information content (AvgIpc) is 3.15. The molecule has 5 rings (SSSR count). The number of anilines is 2. The number of para-hydroxylation sites is 1. The van der Waals surface area contributed by atoms with E-state index in [1.54, 1.807) is 32.2 Å². The van der Waals surface area contributed by atoms with Crippen molar-refractivity contribution >= 4 is 39.2 Å². The number of benzene rings is 3. The normalized spacial score (nSPS) is 13.7. The molecule has 3 aromatic carbocycles. The molecule has 0 radical (unpaired) electrons. The fraction of sp³-hybridized carbons (Fsp3) is 0.208. The first kappa shape index (κ1) is 19.1. The number of hydrogen-bond acceptors (Lipinski definition) is 6. The molecule has 7 nitrogen and oxygen atoms in total. The van der Waals surface area contributed by atoms with E-state index in [1.165, 1.54) is 0 Å². The van der Waals surface area contributed by atoms with Gasteiger partial charge < -0.3 is 29.3 Å². The molecule has 1 aromatic heterocycles. The van der Waals surface area contributed by atoms with Crippen LogP contribution in [0.3, 0.4) is 0 Å². The Morgan fingerprint density at radius 2 is 1.77 bits per heavy atom. The predicted octanol–water partition coefficient (Wildman–Crippen LogP) is 4.80. The van der Waals surface area contributed by atoms with Crippen LogP contribution in [0.4, 0.5) is 11.4 Å². The van der Waals surface area contributed by atoms with E-state index >= 15 is 0 Å². The highest BCUT2D eigenvalue weighted by atomic mass is 16.6. The Morgan fingerprint density at radius 3 is 2.61 bits per heavy atom. The largest absolute Gasteiger partial charge is 0.495 e. The monoisotopic (exact) mass is 418 g/mol. The summed E-state index contributed by atoms with van der Waals surface area (Å²) in [5.41, 5.74) is 2.85. The topological polar surface area (TPSA) is 82.0 Å². The molecule has 31 heavy (non-hydrogen) atoms. The number of ether oxygens (including phenoxy) is 3. The van der Waals surface area contributed by atoms with E-state index in [2.05, 4.69) is 10.6 Å². The van der Waals surface area contributed by atoms with Crippen molar-refractivity contribution in [1.29, 1.82) is 0 Å². The lowest BCUT2D eigenvalue weighted by atomic mass is 10.1. The number of furan rings is 1. The highest BCUT2D eigenvalue weighted by Gasteiger charge is 2.19. The standard InChI is InChI=1S/C24H22N2O5/c1-14(24(27)26-15-7-8-20-23(11-15)30-10-9-29-20)25-18-13-21-17(12-22(18)28-2)16-5-3-4-6-19(16)31-21/h3-8,11-14,25H,9-10H2,1-2H3,(H,26,27)/t14-/m1/s1. The lowest BCUT2D eigenvalue weighted by molar-refractivity contribution is -0.116. The molecule has 4 aromatic rings. The van der Waals surface area contributed by atoms with E-state index in [1.807, 2.05) is 36.4 Å². The number of carbonyl (C=O) groups excluding carboxylic acids is 1. The van der Waals surface area contributed by atoms with Crippen LogP contribution in [-0.4, -0.2) is 32.3 Å². The molecule has 2 N–H and O–H groups in total. The maximum absolute atomic E-state index is 12.8. The van der Waals surface area contributed by atoms with Crippen LogP contribution in [0.2, 0.25) is 0 Å². The van der Waals surface area contributed by atoms with Gasteiger partial charge in [0.15, 0.2) is 11.5 Å². The van der Waals surface area contributed by atoms with E-state index in [9.17, 15) is 4.79 Å². The first-order chi connectivity index (χ1) is 15.1. The second kappa shape index (κ2) is 7.75. The molecule has 0 aliphatic carbocycles. The van der Waals surface area contributed by atoms with Gasteiger partial charge in [0, 0.05) is 28.6 Å². The smallest absolute Gasteiger partial charge is 0.246 e. The molecule has 0 spiro atoms. The lowest BCUT2D eigenvalue weighted by Crippen LogP contribution is -2.32. The van der Waals surface area contributed by atoms with Crippen LogP contribution >= 0.6 is 0 Å². The molecule has 1 amide bonds. The summed E-state index contributed by atoms with van der Waals surface area (Å²) in [6.45, 7) is 2.80. The van der Waals surface area contributed by atoms with Crippen molar-refractivity contribution in [3.05, 3.63) is 54.6 Å². The van der Waals surface area contributed by atoms with E-state index in [-0.39, 0.29) is 5.91 Å². The van der Waals surface area contributed by atoms with E-state index < -0.39 is 6.04 Å². The van der Waals surface area contributed by atoms with Crippen LogP contribution < -0.4 is 24.8 Å². The average molecular weight is 418 g/mol. The van der Waals surface area contributed by atoms with Gasteiger partial charge in [0.2, 0.25) is 5.91 Å². The lowest BCUT2D eigenvalue weighted by Gasteiger charge is -2.20. The Bertz CT molecular complexity index is 1280. The Hall–Kier alpha value is -3.87. The zero-order valence-electron chi connectivity index (χ0n) is 17.2. The summed E-state index contributed by atoms with van der Waals surface area (Å²) >= 11 is 0. The van der Waals surface area contributed by atoms with Gasteiger partial charge >= 0.3 is 0 Å². The van der Waals surface area contributed by atoms with Gasteiger partial charge in [0.25, 0.3) is 0 Å². The highest BCUT2D eigenvalue weighted by Crippen LogP contribution is 2.37. The van der Waals surface area contributed by atoms with Crippen LogP contribution in [0.25, 0.3) is 21.9 Å². The number of fused-ring (bicyclic) bond motifs is 4. The first-order valence-electron chi connectivity index (χ1n) is 10.1. The molecule has 1 aliphatic heterocycles. The van der Waals surface area contributed by atoms with Crippen molar-refractivity contribution in [3.63, 3.8) is 0 Å². The summed E-state index contributed by atoms with van der Waals surface area (Å²) in [6.07, 6.45) is 0. The molecule has 0 bridgehead atoms. The first-order valence-corrected chi connectivity index (χ1v) is 10.1. The number of amides is 1. The van der Waals surface area contributed by atoms with E-state index in [0.717, 1.165) is 21.9 Å². The summed E-state index contributed by atoms with van der Waals surface area (Å²) in [5, 5.41) is 8.12. The minimum atomic E-state index is -0.524. The number of hydrogen-bond donors (Lipinski definition) is 2. The predicted molar refractivity (Wildman–Crippen MR) is 119 cm³/mol. The van der Waals surface area contributed by atoms with Crippen molar-refractivity contribution in [3.8, 4) is 17.2 Å². The third kappa shape index (κ3) is 3.59. The molecule has 0 saturated carbocycles. The van der Waals surface area contributed by atoms with Crippen molar-refractivity contribution in [1.82, 2.24) is 0 Å². The SMILES string of the molecule is COc1cc2c(cc1N[C@H](C)C(=O)Nc1ccc3c(c1)OCCO3)oc1ccccc12. The zero-order valence-corrected chi connectivity index (χ0v) is 17.2. The number of methoxy groups -OCH3 is 1. The summed E-state index contributed by atoms with van der Waals surface area (Å²) in [5.74, 6) is 1.75.